The summed E-state index contributed by atoms with van der Waals surface area (Å²) in [5.74, 6) is -0.912. The minimum absolute atomic E-state index is 0.0427. The Bertz CT molecular complexity index is 1300. The molecule has 0 aromatic heterocycles. The first-order chi connectivity index (χ1) is 17.2. The van der Waals surface area contributed by atoms with Crippen LogP contribution in [0.15, 0.2) is 83.8 Å². The van der Waals surface area contributed by atoms with E-state index in [1.807, 2.05) is 19.1 Å². The highest BCUT2D eigenvalue weighted by Crippen LogP contribution is 2.25. The minimum atomic E-state index is -4.08. The van der Waals surface area contributed by atoms with Crippen LogP contribution in [0.1, 0.15) is 25.0 Å². The fraction of sp³-hybridized carbons (Fsp3) is 0.259. The maximum absolute atomic E-state index is 13.7. The van der Waals surface area contributed by atoms with Crippen LogP contribution in [0.5, 0.6) is 0 Å². The van der Waals surface area contributed by atoms with Crippen LogP contribution in [-0.2, 0) is 32.6 Å². The lowest BCUT2D eigenvalue weighted by Gasteiger charge is -2.32. The molecule has 0 aliphatic heterocycles. The number of anilines is 1. The zero-order chi connectivity index (χ0) is 26.3. The lowest BCUT2D eigenvalue weighted by molar-refractivity contribution is -0.139. The third-order valence-electron chi connectivity index (χ3n) is 5.95. The van der Waals surface area contributed by atoms with Crippen molar-refractivity contribution < 1.29 is 18.0 Å². The van der Waals surface area contributed by atoms with E-state index in [1.54, 1.807) is 61.5 Å². The van der Waals surface area contributed by atoms with Crippen molar-refractivity contribution in [1.82, 2.24) is 10.2 Å². The second-order valence-corrected chi connectivity index (χ2v) is 10.5. The van der Waals surface area contributed by atoms with Crippen LogP contribution < -0.4 is 9.62 Å². The molecular formula is C27H30ClN3O4S. The molecule has 0 fully saturated rings. The first-order valence-electron chi connectivity index (χ1n) is 11.6. The van der Waals surface area contributed by atoms with E-state index >= 15 is 0 Å². The Hall–Kier alpha value is -3.36. The number of sulfonamides is 1. The lowest BCUT2D eigenvalue weighted by atomic mass is 10.1. The molecule has 190 valence electrons. The van der Waals surface area contributed by atoms with Crippen molar-refractivity contribution in [2.45, 2.75) is 37.8 Å². The molecule has 3 aromatic carbocycles. The van der Waals surface area contributed by atoms with Gasteiger partial charge in [-0.05, 0) is 54.8 Å². The van der Waals surface area contributed by atoms with Crippen LogP contribution in [0.3, 0.4) is 0 Å². The molecule has 0 bridgehead atoms. The molecule has 3 aromatic rings. The Morgan fingerprint density at radius 3 is 2.14 bits per heavy atom. The summed E-state index contributed by atoms with van der Waals surface area (Å²) in [5.41, 5.74) is 2.04. The van der Waals surface area contributed by atoms with Gasteiger partial charge in [0.05, 0.1) is 10.6 Å². The molecule has 1 atom stereocenters. The standard InChI is InChI=1S/C27H30ClN3O4S/c1-4-21-14-16-23(17-15-21)31(36(34,35)24-11-6-5-7-12-24)19-26(32)30(20(2)27(33)29-3)18-22-10-8-9-13-25(22)28/h5-17,20H,4,18-19H2,1-3H3,(H,29,33)/t20-/m1/s1. The van der Waals surface area contributed by atoms with E-state index in [9.17, 15) is 18.0 Å². The molecular weight excluding hydrogens is 498 g/mol. The number of rotatable bonds is 10. The molecule has 36 heavy (non-hydrogen) atoms. The maximum Gasteiger partial charge on any atom is 0.264 e. The Balaban J connectivity index is 2.03. The number of aryl methyl sites for hydroxylation is 1. The second kappa shape index (κ2) is 12.1. The molecule has 7 nitrogen and oxygen atoms in total. The van der Waals surface area contributed by atoms with Gasteiger partial charge in [-0.3, -0.25) is 13.9 Å². The van der Waals surface area contributed by atoms with Crippen molar-refractivity contribution in [2.75, 3.05) is 17.9 Å². The molecule has 2 amide bonds. The van der Waals surface area contributed by atoms with Gasteiger partial charge in [0.15, 0.2) is 0 Å². The Kier molecular flexibility index (Phi) is 9.12. The Labute approximate surface area is 217 Å². The number of likely N-dealkylation sites (N-methyl/N-ethyl adjacent to an activating group) is 1. The summed E-state index contributed by atoms with van der Waals surface area (Å²) in [6.45, 7) is 3.15. The van der Waals surface area contributed by atoms with Gasteiger partial charge in [-0.2, -0.15) is 0 Å². The number of carbonyl (C=O) groups is 2. The second-order valence-electron chi connectivity index (χ2n) is 8.25. The quantitative estimate of drug-likeness (QED) is 0.427. The van der Waals surface area contributed by atoms with Gasteiger partial charge in [-0.15, -0.1) is 0 Å². The highest BCUT2D eigenvalue weighted by Gasteiger charge is 2.32. The molecule has 9 heteroatoms. The summed E-state index contributed by atoms with van der Waals surface area (Å²) >= 11 is 6.33. The van der Waals surface area contributed by atoms with E-state index in [0.717, 1.165) is 16.3 Å². The highest BCUT2D eigenvalue weighted by molar-refractivity contribution is 7.92. The molecule has 0 radical (unpaired) electrons. The van der Waals surface area contributed by atoms with E-state index in [2.05, 4.69) is 5.32 Å². The average Bonchev–Trinajstić information content (AvgIpc) is 2.90. The van der Waals surface area contributed by atoms with Gasteiger partial charge < -0.3 is 10.2 Å². The molecule has 0 saturated heterocycles. The summed E-state index contributed by atoms with van der Waals surface area (Å²) in [7, 11) is -2.59. The number of carbonyl (C=O) groups excluding carboxylic acids is 2. The SMILES string of the molecule is CCc1ccc(N(CC(=O)N(Cc2ccccc2Cl)[C@H](C)C(=O)NC)S(=O)(=O)c2ccccc2)cc1. The number of amides is 2. The zero-order valence-corrected chi connectivity index (χ0v) is 22.1. The van der Waals surface area contributed by atoms with Gasteiger partial charge in [0.1, 0.15) is 12.6 Å². The third-order valence-corrected chi connectivity index (χ3v) is 8.11. The van der Waals surface area contributed by atoms with E-state index in [4.69, 9.17) is 11.6 Å². The molecule has 0 aliphatic rings. The number of benzene rings is 3. The number of hydrogen-bond donors (Lipinski definition) is 1. The topological polar surface area (TPSA) is 86.8 Å². The first-order valence-corrected chi connectivity index (χ1v) is 13.4. The summed E-state index contributed by atoms with van der Waals surface area (Å²) in [4.78, 5) is 27.6. The van der Waals surface area contributed by atoms with E-state index in [0.29, 0.717) is 16.3 Å². The molecule has 0 aliphatic carbocycles. The predicted octanol–water partition coefficient (Wildman–Crippen LogP) is 4.26. The molecule has 0 saturated carbocycles. The van der Waals surface area contributed by atoms with E-state index in [-0.39, 0.29) is 17.3 Å². The number of halogens is 1. The zero-order valence-electron chi connectivity index (χ0n) is 20.5. The van der Waals surface area contributed by atoms with Crippen molar-refractivity contribution >= 4 is 39.1 Å². The average molecular weight is 528 g/mol. The maximum atomic E-state index is 13.7. The largest absolute Gasteiger partial charge is 0.357 e. The van der Waals surface area contributed by atoms with E-state index < -0.39 is 28.5 Å². The highest BCUT2D eigenvalue weighted by atomic mass is 35.5. The van der Waals surface area contributed by atoms with Gasteiger partial charge in [0, 0.05) is 18.6 Å². The summed E-state index contributed by atoms with van der Waals surface area (Å²) in [6, 6.07) is 21.2. The normalized spacial score (nSPS) is 12.0. The smallest absolute Gasteiger partial charge is 0.264 e. The van der Waals surface area contributed by atoms with Crippen molar-refractivity contribution in [3.05, 3.63) is 95.0 Å². The van der Waals surface area contributed by atoms with Crippen LogP contribution in [0.4, 0.5) is 5.69 Å². The Morgan fingerprint density at radius 2 is 1.56 bits per heavy atom. The van der Waals surface area contributed by atoms with Crippen LogP contribution in [-0.4, -0.2) is 44.8 Å². The molecule has 0 unspecified atom stereocenters. The van der Waals surface area contributed by atoms with Gasteiger partial charge in [-0.1, -0.05) is 67.1 Å². The van der Waals surface area contributed by atoms with Gasteiger partial charge >= 0.3 is 0 Å². The van der Waals surface area contributed by atoms with Crippen molar-refractivity contribution in [1.29, 1.82) is 0 Å². The summed E-state index contributed by atoms with van der Waals surface area (Å²) in [6.07, 6.45) is 0.792. The van der Waals surface area contributed by atoms with Crippen LogP contribution in [0, 0.1) is 0 Å². The van der Waals surface area contributed by atoms with Crippen molar-refractivity contribution in [2.24, 2.45) is 0 Å². The predicted molar refractivity (Wildman–Crippen MR) is 142 cm³/mol. The number of nitrogens with zero attached hydrogens (tertiary/aromatic N) is 2. The lowest BCUT2D eigenvalue weighted by Crippen LogP contribution is -2.50. The number of nitrogens with one attached hydrogen (secondary N) is 1. The van der Waals surface area contributed by atoms with Gasteiger partial charge in [0.25, 0.3) is 10.0 Å². The van der Waals surface area contributed by atoms with Gasteiger partial charge in [-0.25, -0.2) is 8.42 Å². The van der Waals surface area contributed by atoms with Crippen molar-refractivity contribution in [3.8, 4) is 0 Å². The van der Waals surface area contributed by atoms with Crippen LogP contribution >= 0.6 is 11.6 Å². The van der Waals surface area contributed by atoms with Gasteiger partial charge in [0.2, 0.25) is 11.8 Å². The fourth-order valence-electron chi connectivity index (χ4n) is 3.75. The van der Waals surface area contributed by atoms with Crippen LogP contribution in [0.25, 0.3) is 0 Å². The Morgan fingerprint density at radius 1 is 0.944 bits per heavy atom. The summed E-state index contributed by atoms with van der Waals surface area (Å²) in [5, 5.41) is 3.00. The molecule has 0 heterocycles. The monoisotopic (exact) mass is 527 g/mol. The number of hydrogen-bond acceptors (Lipinski definition) is 4. The first kappa shape index (κ1) is 27.2. The molecule has 0 spiro atoms. The van der Waals surface area contributed by atoms with Crippen LogP contribution in [0.2, 0.25) is 5.02 Å². The van der Waals surface area contributed by atoms with E-state index in [1.165, 1.54) is 24.1 Å². The minimum Gasteiger partial charge on any atom is -0.357 e. The summed E-state index contributed by atoms with van der Waals surface area (Å²) < 4.78 is 28.4. The molecule has 3 rings (SSSR count). The third kappa shape index (κ3) is 6.25. The molecule has 1 N–H and O–H groups in total. The van der Waals surface area contributed by atoms with Crippen molar-refractivity contribution in [3.63, 3.8) is 0 Å². The fourth-order valence-corrected chi connectivity index (χ4v) is 5.38.